The highest BCUT2D eigenvalue weighted by Gasteiger charge is 1.79. The zero-order chi connectivity index (χ0) is 9.28. The molecule has 0 atom stereocenters. The number of carbonyl (C=O) groups is 1. The summed E-state index contributed by atoms with van der Waals surface area (Å²) in [5.41, 5.74) is 0. The number of nitrogens with zero attached hydrogens (tertiary/aromatic N) is 1. The van der Waals surface area contributed by atoms with Crippen LogP contribution in [0.15, 0.2) is 12.7 Å². The summed E-state index contributed by atoms with van der Waals surface area (Å²) < 4.78 is 0. The number of hydrogen-bond acceptors (Lipinski definition) is 2. The van der Waals surface area contributed by atoms with Gasteiger partial charge in [0.2, 0.25) is 0 Å². The molecule has 0 amide bonds. The van der Waals surface area contributed by atoms with E-state index < -0.39 is 5.97 Å². The highest BCUT2D eigenvalue weighted by atomic mass is 16.4. The van der Waals surface area contributed by atoms with Crippen LogP contribution in [0.25, 0.3) is 0 Å². The zero-order valence-electron chi connectivity index (χ0n) is 7.50. The van der Waals surface area contributed by atoms with Gasteiger partial charge in [-0.25, -0.2) is 4.79 Å². The molecule has 0 saturated heterocycles. The third kappa shape index (κ3) is 27.1. The molecule has 1 N–H and O–H groups in total. The summed E-state index contributed by atoms with van der Waals surface area (Å²) in [5.74, 6) is -0.981. The van der Waals surface area contributed by atoms with Gasteiger partial charge >= 0.3 is 5.97 Å². The molecule has 0 aliphatic carbocycles. The van der Waals surface area contributed by atoms with Gasteiger partial charge in [0.05, 0.1) is 0 Å². The molecular weight excluding hydrogens is 142 g/mol. The van der Waals surface area contributed by atoms with Crippen molar-refractivity contribution < 1.29 is 9.90 Å². The van der Waals surface area contributed by atoms with Gasteiger partial charge in [-0.05, 0) is 27.1 Å². The molecule has 0 unspecified atom stereocenters. The molecule has 0 saturated carbocycles. The molecule has 0 aliphatic rings. The van der Waals surface area contributed by atoms with Crippen LogP contribution < -0.4 is 0 Å². The normalized spacial score (nSPS) is 8.36. The summed E-state index contributed by atoms with van der Waals surface area (Å²) in [7, 11) is 4.17. The van der Waals surface area contributed by atoms with Crippen LogP contribution in [-0.4, -0.2) is 36.6 Å². The smallest absolute Gasteiger partial charge is 0.327 e. The van der Waals surface area contributed by atoms with Crippen LogP contribution in [0, 0.1) is 0 Å². The Labute approximate surface area is 68.3 Å². The maximum Gasteiger partial charge on any atom is 0.327 e. The standard InChI is InChI=1S/C5H13N.C3H4O2/c1-4-5-6(2)3;1-2-3(4)5/h4-5H2,1-3H3;2H,1H2,(H,4,5). The quantitative estimate of drug-likeness (QED) is 0.629. The van der Waals surface area contributed by atoms with E-state index in [-0.39, 0.29) is 0 Å². The molecule has 0 rings (SSSR count). The predicted molar refractivity (Wildman–Crippen MR) is 46.7 cm³/mol. The number of carboxylic acid groups (broad SMARTS) is 1. The van der Waals surface area contributed by atoms with Crippen LogP contribution in [0.5, 0.6) is 0 Å². The lowest BCUT2D eigenvalue weighted by Crippen LogP contribution is -2.11. The van der Waals surface area contributed by atoms with E-state index in [0.29, 0.717) is 0 Å². The number of hydrogen-bond donors (Lipinski definition) is 1. The Morgan fingerprint density at radius 2 is 2.00 bits per heavy atom. The topological polar surface area (TPSA) is 40.5 Å². The Morgan fingerprint density at radius 3 is 2.00 bits per heavy atom. The van der Waals surface area contributed by atoms with Gasteiger partial charge in [-0.15, -0.1) is 0 Å². The van der Waals surface area contributed by atoms with Crippen molar-refractivity contribution in [3.05, 3.63) is 12.7 Å². The first-order valence-corrected chi connectivity index (χ1v) is 3.54. The van der Waals surface area contributed by atoms with Crippen LogP contribution in [0.1, 0.15) is 13.3 Å². The minimum atomic E-state index is -0.981. The van der Waals surface area contributed by atoms with Crippen LogP contribution in [0.4, 0.5) is 0 Å². The number of aliphatic carboxylic acids is 1. The molecule has 0 fully saturated rings. The predicted octanol–water partition coefficient (Wildman–Crippen LogP) is 1.22. The molecule has 0 heterocycles. The van der Waals surface area contributed by atoms with Crippen molar-refractivity contribution in [2.75, 3.05) is 20.6 Å². The average Bonchev–Trinajstić information content (AvgIpc) is 1.89. The second-order valence-electron chi connectivity index (χ2n) is 2.35. The summed E-state index contributed by atoms with van der Waals surface area (Å²) in [5, 5.41) is 7.60. The molecule has 3 nitrogen and oxygen atoms in total. The monoisotopic (exact) mass is 159 g/mol. The summed E-state index contributed by atoms with van der Waals surface area (Å²) in [4.78, 5) is 11.4. The Morgan fingerprint density at radius 1 is 1.64 bits per heavy atom. The highest BCUT2D eigenvalue weighted by molar-refractivity contribution is 5.78. The van der Waals surface area contributed by atoms with Crippen molar-refractivity contribution in [2.45, 2.75) is 13.3 Å². The Kier molecular flexibility index (Phi) is 10.7. The fourth-order valence-electron chi connectivity index (χ4n) is 0.447. The van der Waals surface area contributed by atoms with Crippen molar-refractivity contribution in [1.82, 2.24) is 4.90 Å². The van der Waals surface area contributed by atoms with E-state index in [1.807, 2.05) is 0 Å². The third-order valence-electron chi connectivity index (χ3n) is 0.845. The van der Waals surface area contributed by atoms with Gasteiger partial charge in [0.25, 0.3) is 0 Å². The Hall–Kier alpha value is -0.830. The molecule has 0 bridgehead atoms. The van der Waals surface area contributed by atoms with Crippen molar-refractivity contribution >= 4 is 5.97 Å². The van der Waals surface area contributed by atoms with Gasteiger partial charge in [-0.3, -0.25) is 0 Å². The average molecular weight is 159 g/mol. The van der Waals surface area contributed by atoms with E-state index in [9.17, 15) is 4.79 Å². The fraction of sp³-hybridized carbons (Fsp3) is 0.625. The van der Waals surface area contributed by atoms with E-state index in [2.05, 4.69) is 32.5 Å². The first-order chi connectivity index (χ1) is 5.04. The van der Waals surface area contributed by atoms with E-state index in [4.69, 9.17) is 5.11 Å². The van der Waals surface area contributed by atoms with Gasteiger partial charge in [0, 0.05) is 6.08 Å². The molecule has 11 heavy (non-hydrogen) atoms. The Balaban J connectivity index is 0. The molecule has 0 radical (unpaired) electrons. The van der Waals surface area contributed by atoms with E-state index in [1.165, 1.54) is 13.0 Å². The van der Waals surface area contributed by atoms with Crippen molar-refractivity contribution in [2.24, 2.45) is 0 Å². The summed E-state index contributed by atoms with van der Waals surface area (Å²) in [6.45, 7) is 6.35. The lowest BCUT2D eigenvalue weighted by molar-refractivity contribution is -0.131. The second kappa shape index (κ2) is 9.17. The highest BCUT2D eigenvalue weighted by Crippen LogP contribution is 1.76. The van der Waals surface area contributed by atoms with E-state index in [1.54, 1.807) is 0 Å². The van der Waals surface area contributed by atoms with Crippen LogP contribution >= 0.6 is 0 Å². The van der Waals surface area contributed by atoms with Crippen LogP contribution in [0.2, 0.25) is 0 Å². The lowest BCUT2D eigenvalue weighted by Gasteiger charge is -2.03. The van der Waals surface area contributed by atoms with Gasteiger partial charge in [-0.2, -0.15) is 0 Å². The number of rotatable bonds is 3. The first kappa shape index (κ1) is 12.8. The second-order valence-corrected chi connectivity index (χ2v) is 2.35. The van der Waals surface area contributed by atoms with E-state index in [0.717, 1.165) is 6.08 Å². The first-order valence-electron chi connectivity index (χ1n) is 3.54. The van der Waals surface area contributed by atoms with Gasteiger partial charge in [-0.1, -0.05) is 13.5 Å². The third-order valence-corrected chi connectivity index (χ3v) is 0.845. The molecule has 66 valence electrons. The minimum absolute atomic E-state index is 0.833. The molecule has 0 aliphatic heterocycles. The summed E-state index contributed by atoms with van der Waals surface area (Å²) in [6, 6.07) is 0. The summed E-state index contributed by atoms with van der Waals surface area (Å²) >= 11 is 0. The van der Waals surface area contributed by atoms with Crippen molar-refractivity contribution in [3.63, 3.8) is 0 Å². The molecule has 0 aromatic heterocycles. The van der Waals surface area contributed by atoms with Crippen LogP contribution in [-0.2, 0) is 4.79 Å². The maximum atomic E-state index is 9.25. The fourth-order valence-corrected chi connectivity index (χ4v) is 0.447. The minimum Gasteiger partial charge on any atom is -0.478 e. The molecule has 0 aromatic carbocycles. The SMILES string of the molecule is C=CC(=O)O.CCCN(C)C. The molecule has 0 spiro atoms. The van der Waals surface area contributed by atoms with Gasteiger partial charge in [0.1, 0.15) is 0 Å². The number of carboxylic acids is 1. The van der Waals surface area contributed by atoms with Gasteiger partial charge < -0.3 is 10.0 Å². The Bertz CT molecular complexity index is 111. The molecule has 3 heteroatoms. The maximum absolute atomic E-state index is 9.25. The van der Waals surface area contributed by atoms with Crippen molar-refractivity contribution in [3.8, 4) is 0 Å². The lowest BCUT2D eigenvalue weighted by atomic mass is 10.5. The van der Waals surface area contributed by atoms with Crippen LogP contribution in [0.3, 0.4) is 0 Å². The zero-order valence-corrected chi connectivity index (χ0v) is 7.50. The largest absolute Gasteiger partial charge is 0.478 e. The van der Waals surface area contributed by atoms with Crippen molar-refractivity contribution in [1.29, 1.82) is 0 Å². The van der Waals surface area contributed by atoms with Gasteiger partial charge in [0.15, 0.2) is 0 Å². The molecular formula is C8H17NO2. The van der Waals surface area contributed by atoms with E-state index >= 15 is 0 Å². The molecule has 0 aromatic rings. The summed E-state index contributed by atoms with van der Waals surface area (Å²) in [6.07, 6.45) is 2.09.